The number of fused-ring (bicyclic) bond motifs is 1. The molecule has 0 fully saturated rings. The molecule has 176 valence electrons. The molecule has 1 atom stereocenters. The summed E-state index contributed by atoms with van der Waals surface area (Å²) >= 11 is 0. The van der Waals surface area contributed by atoms with Crippen LogP contribution in [0.3, 0.4) is 0 Å². The van der Waals surface area contributed by atoms with Gasteiger partial charge >= 0.3 is 0 Å². The fourth-order valence-electron chi connectivity index (χ4n) is 4.31. The fraction of sp³-hybridized carbons (Fsp3) is 0.179. The fourth-order valence-corrected chi connectivity index (χ4v) is 4.31. The normalized spacial score (nSPS) is 14.8. The topological polar surface area (TPSA) is 81.1 Å². The number of benzene rings is 3. The van der Waals surface area contributed by atoms with Gasteiger partial charge in [0, 0.05) is 11.4 Å². The molecule has 7 nitrogen and oxygen atoms in total. The van der Waals surface area contributed by atoms with Crippen LogP contribution in [0.4, 0.5) is 11.6 Å². The molecule has 1 aliphatic heterocycles. The number of para-hydroxylation sites is 1. The first-order valence-electron chi connectivity index (χ1n) is 11.5. The highest BCUT2D eigenvalue weighted by Crippen LogP contribution is 2.36. The minimum Gasteiger partial charge on any atom is -0.489 e. The lowest BCUT2D eigenvalue weighted by Gasteiger charge is -2.29. The van der Waals surface area contributed by atoms with Crippen molar-refractivity contribution in [1.82, 2.24) is 14.8 Å². The second-order valence-electron chi connectivity index (χ2n) is 8.71. The van der Waals surface area contributed by atoms with Crippen LogP contribution in [0.1, 0.15) is 35.2 Å². The summed E-state index contributed by atoms with van der Waals surface area (Å²) in [5.41, 5.74) is 6.33. The molecule has 0 aliphatic carbocycles. The molecule has 0 radical (unpaired) electrons. The molecular formula is C28H27N5O2. The van der Waals surface area contributed by atoms with E-state index >= 15 is 0 Å². The number of carbonyl (C=O) groups excluding carboxylic acids is 1. The molecular weight excluding hydrogens is 438 g/mol. The van der Waals surface area contributed by atoms with Crippen molar-refractivity contribution in [3.8, 4) is 5.75 Å². The monoisotopic (exact) mass is 465 g/mol. The number of allylic oxidation sites excluding steroid dienone is 1. The average Bonchev–Trinajstić information content (AvgIpc) is 3.32. The number of hydrogen-bond acceptors (Lipinski definition) is 5. The minimum absolute atomic E-state index is 0.185. The van der Waals surface area contributed by atoms with Crippen LogP contribution in [0.5, 0.6) is 5.75 Å². The summed E-state index contributed by atoms with van der Waals surface area (Å²) in [5, 5.41) is 10.7. The predicted molar refractivity (Wildman–Crippen MR) is 136 cm³/mol. The Kier molecular flexibility index (Phi) is 6.06. The van der Waals surface area contributed by atoms with Crippen molar-refractivity contribution in [3.05, 3.63) is 113 Å². The summed E-state index contributed by atoms with van der Waals surface area (Å²) in [5.74, 6) is 1.17. The van der Waals surface area contributed by atoms with Crippen LogP contribution in [-0.2, 0) is 11.4 Å². The first kappa shape index (κ1) is 22.4. The number of ether oxygens (including phenoxy) is 1. The van der Waals surface area contributed by atoms with Crippen molar-refractivity contribution in [1.29, 1.82) is 0 Å². The molecule has 0 bridgehead atoms. The van der Waals surface area contributed by atoms with Crippen LogP contribution in [0.25, 0.3) is 0 Å². The lowest BCUT2D eigenvalue weighted by molar-refractivity contribution is -0.113. The van der Waals surface area contributed by atoms with E-state index in [0.717, 1.165) is 33.8 Å². The Morgan fingerprint density at radius 2 is 1.83 bits per heavy atom. The van der Waals surface area contributed by atoms with Gasteiger partial charge in [-0.3, -0.25) is 4.79 Å². The summed E-state index contributed by atoms with van der Waals surface area (Å²) in [6.45, 7) is 6.42. The Labute approximate surface area is 204 Å². The van der Waals surface area contributed by atoms with E-state index in [-0.39, 0.29) is 5.91 Å². The highest BCUT2D eigenvalue weighted by atomic mass is 16.5. The van der Waals surface area contributed by atoms with E-state index in [2.05, 4.69) is 45.8 Å². The third kappa shape index (κ3) is 4.66. The van der Waals surface area contributed by atoms with Crippen molar-refractivity contribution in [2.75, 3.05) is 10.6 Å². The minimum atomic E-state index is -0.427. The van der Waals surface area contributed by atoms with E-state index < -0.39 is 6.04 Å². The van der Waals surface area contributed by atoms with E-state index in [1.807, 2.05) is 68.4 Å². The molecule has 0 spiro atoms. The molecule has 1 aromatic heterocycles. The first-order chi connectivity index (χ1) is 17.0. The molecule has 7 heteroatoms. The van der Waals surface area contributed by atoms with Gasteiger partial charge in [0.25, 0.3) is 5.91 Å². The lowest BCUT2D eigenvalue weighted by atomic mass is 9.95. The Morgan fingerprint density at radius 3 is 2.60 bits per heavy atom. The molecule has 1 amide bonds. The number of nitrogens with zero attached hydrogens (tertiary/aromatic N) is 3. The second-order valence-corrected chi connectivity index (χ2v) is 8.71. The van der Waals surface area contributed by atoms with Crippen LogP contribution < -0.4 is 15.4 Å². The summed E-state index contributed by atoms with van der Waals surface area (Å²) in [4.78, 5) is 17.8. The number of nitrogens with one attached hydrogen (secondary N) is 2. The zero-order chi connectivity index (χ0) is 24.4. The van der Waals surface area contributed by atoms with Gasteiger partial charge in [0.2, 0.25) is 5.95 Å². The standard InChI is InChI=1S/C28H27N5O2/c1-18-7-6-9-21(15-18)16-35-23-13-11-22(12-14-23)26-25(20(3)31-28-29-17-30-33(26)28)27(34)32-24-10-5-4-8-19(24)2/h4-15,17,26H,16H2,1-3H3,(H,32,34)(H,29,30,31). The van der Waals surface area contributed by atoms with E-state index in [9.17, 15) is 4.79 Å². The molecule has 3 aromatic carbocycles. The largest absolute Gasteiger partial charge is 0.489 e. The van der Waals surface area contributed by atoms with Crippen LogP contribution in [0.2, 0.25) is 0 Å². The Morgan fingerprint density at radius 1 is 1.03 bits per heavy atom. The molecule has 35 heavy (non-hydrogen) atoms. The number of amides is 1. The van der Waals surface area contributed by atoms with Crippen LogP contribution in [0, 0.1) is 13.8 Å². The van der Waals surface area contributed by atoms with Gasteiger partial charge in [0.15, 0.2) is 0 Å². The second kappa shape index (κ2) is 9.46. The van der Waals surface area contributed by atoms with E-state index in [4.69, 9.17) is 4.74 Å². The molecule has 5 rings (SSSR count). The van der Waals surface area contributed by atoms with Gasteiger partial charge in [-0.05, 0) is 55.7 Å². The van der Waals surface area contributed by atoms with Crippen molar-refractivity contribution in [2.24, 2.45) is 0 Å². The summed E-state index contributed by atoms with van der Waals surface area (Å²) in [6, 6.07) is 23.4. The van der Waals surface area contributed by atoms with Gasteiger partial charge in [-0.1, -0.05) is 60.2 Å². The quantitative estimate of drug-likeness (QED) is 0.398. The third-order valence-corrected chi connectivity index (χ3v) is 6.12. The maximum Gasteiger partial charge on any atom is 0.255 e. The Balaban J connectivity index is 1.42. The van der Waals surface area contributed by atoms with Gasteiger partial charge < -0.3 is 15.4 Å². The molecule has 2 N–H and O–H groups in total. The predicted octanol–water partition coefficient (Wildman–Crippen LogP) is 5.40. The zero-order valence-corrected chi connectivity index (χ0v) is 19.9. The average molecular weight is 466 g/mol. The Bertz CT molecular complexity index is 1400. The maximum atomic E-state index is 13.5. The molecule has 4 aromatic rings. The highest BCUT2D eigenvalue weighted by Gasteiger charge is 2.33. The van der Waals surface area contributed by atoms with Gasteiger partial charge in [0.1, 0.15) is 24.7 Å². The number of hydrogen-bond donors (Lipinski definition) is 2. The van der Waals surface area contributed by atoms with Gasteiger partial charge in [-0.25, -0.2) is 4.68 Å². The summed E-state index contributed by atoms with van der Waals surface area (Å²) < 4.78 is 7.73. The Hall–Kier alpha value is -4.39. The van der Waals surface area contributed by atoms with E-state index in [1.54, 1.807) is 4.68 Å². The van der Waals surface area contributed by atoms with Crippen LogP contribution in [-0.4, -0.2) is 20.7 Å². The summed E-state index contributed by atoms with van der Waals surface area (Å²) in [6.07, 6.45) is 1.49. The van der Waals surface area contributed by atoms with Crippen molar-refractivity contribution in [2.45, 2.75) is 33.4 Å². The maximum absolute atomic E-state index is 13.5. The number of aryl methyl sites for hydroxylation is 2. The highest BCUT2D eigenvalue weighted by molar-refractivity contribution is 6.06. The molecule has 1 unspecified atom stereocenters. The summed E-state index contributed by atoms with van der Waals surface area (Å²) in [7, 11) is 0. The van der Waals surface area contributed by atoms with Gasteiger partial charge in [0.05, 0.1) is 5.57 Å². The number of anilines is 2. The number of carbonyl (C=O) groups is 1. The number of rotatable bonds is 6. The third-order valence-electron chi connectivity index (χ3n) is 6.12. The van der Waals surface area contributed by atoms with Crippen LogP contribution in [0.15, 0.2) is 90.4 Å². The van der Waals surface area contributed by atoms with Gasteiger partial charge in [-0.2, -0.15) is 10.1 Å². The van der Waals surface area contributed by atoms with E-state index in [0.29, 0.717) is 18.1 Å². The van der Waals surface area contributed by atoms with E-state index in [1.165, 1.54) is 11.9 Å². The molecule has 2 heterocycles. The molecule has 1 aliphatic rings. The van der Waals surface area contributed by atoms with Crippen molar-refractivity contribution >= 4 is 17.5 Å². The lowest BCUT2D eigenvalue weighted by Crippen LogP contribution is -2.31. The molecule has 0 saturated carbocycles. The molecule has 0 saturated heterocycles. The number of aromatic nitrogens is 3. The smallest absolute Gasteiger partial charge is 0.255 e. The van der Waals surface area contributed by atoms with Crippen LogP contribution >= 0.6 is 0 Å². The van der Waals surface area contributed by atoms with Crippen molar-refractivity contribution in [3.63, 3.8) is 0 Å². The van der Waals surface area contributed by atoms with Crippen molar-refractivity contribution < 1.29 is 9.53 Å². The zero-order valence-electron chi connectivity index (χ0n) is 19.9. The first-order valence-corrected chi connectivity index (χ1v) is 11.5. The van der Waals surface area contributed by atoms with Gasteiger partial charge in [-0.15, -0.1) is 0 Å². The SMILES string of the molecule is CC1=C(C(=O)Nc2ccccc2C)C(c2ccc(OCc3cccc(C)c3)cc2)n2ncnc2N1.